The minimum Gasteiger partial charge on any atom is -0.411 e. The standard InChI is InChI=1S/C11H20N2OS2/c1-11(2,3)9(14)12-8-5-4-6-13(7-8)10(15)16/h8H,4-7H2,1-3H3,(H,12,14)(H,15,16)/p-1. The van der Waals surface area contributed by atoms with E-state index in [-0.39, 0.29) is 17.4 Å². The van der Waals surface area contributed by atoms with E-state index in [4.69, 9.17) is 24.8 Å². The van der Waals surface area contributed by atoms with Gasteiger partial charge in [0.25, 0.3) is 0 Å². The molecule has 92 valence electrons. The lowest BCUT2D eigenvalue weighted by atomic mass is 9.94. The minimum absolute atomic E-state index is 0.0923. The van der Waals surface area contributed by atoms with E-state index in [1.807, 2.05) is 25.7 Å². The Hall–Kier alpha value is -0.420. The third kappa shape index (κ3) is 3.87. The van der Waals surface area contributed by atoms with Gasteiger partial charge in [-0.25, -0.2) is 0 Å². The number of likely N-dealkylation sites (tertiary alicyclic amines) is 1. The maximum Gasteiger partial charge on any atom is 0.225 e. The lowest BCUT2D eigenvalue weighted by Crippen LogP contribution is -2.51. The van der Waals surface area contributed by atoms with E-state index in [2.05, 4.69) is 5.32 Å². The monoisotopic (exact) mass is 259 g/mol. The summed E-state index contributed by atoms with van der Waals surface area (Å²) in [4.78, 5) is 13.8. The Bertz CT molecular complexity index is 286. The highest BCUT2D eigenvalue weighted by Crippen LogP contribution is 2.16. The molecule has 5 heteroatoms. The van der Waals surface area contributed by atoms with Gasteiger partial charge in [0, 0.05) is 24.5 Å². The quantitative estimate of drug-likeness (QED) is 0.570. The van der Waals surface area contributed by atoms with Crippen LogP contribution in [0.2, 0.25) is 0 Å². The van der Waals surface area contributed by atoms with E-state index < -0.39 is 0 Å². The number of nitrogens with one attached hydrogen (secondary N) is 1. The molecule has 0 bridgehead atoms. The second-order valence-corrected chi connectivity index (χ2v) is 6.31. The molecule has 16 heavy (non-hydrogen) atoms. The molecule has 1 N–H and O–H groups in total. The van der Waals surface area contributed by atoms with Crippen molar-refractivity contribution >= 4 is 35.1 Å². The summed E-state index contributed by atoms with van der Waals surface area (Å²) in [6, 6.07) is 0.182. The SMILES string of the molecule is CC(C)(C)C(=O)NC1CCCN(C(=S)[S-])C1. The number of carbonyl (C=O) groups excluding carboxylic acids is 1. The van der Waals surface area contributed by atoms with Crippen LogP contribution in [-0.2, 0) is 17.4 Å². The van der Waals surface area contributed by atoms with E-state index in [0.717, 1.165) is 25.9 Å². The fourth-order valence-electron chi connectivity index (χ4n) is 1.66. The average molecular weight is 259 g/mol. The second-order valence-electron chi connectivity index (χ2n) is 5.27. The molecule has 0 aromatic carbocycles. The maximum atomic E-state index is 11.8. The normalized spacial score (nSPS) is 21.7. The van der Waals surface area contributed by atoms with Crippen LogP contribution in [0.3, 0.4) is 0 Å². The van der Waals surface area contributed by atoms with E-state index in [0.29, 0.717) is 4.32 Å². The number of amides is 1. The Balaban J connectivity index is 2.49. The third-order valence-electron chi connectivity index (χ3n) is 2.70. The molecule has 0 saturated carbocycles. The van der Waals surface area contributed by atoms with Gasteiger partial charge in [0.1, 0.15) is 0 Å². The summed E-state index contributed by atoms with van der Waals surface area (Å²) < 4.78 is 0.509. The molecular formula is C11H19N2OS2-. The van der Waals surface area contributed by atoms with Gasteiger partial charge in [-0.2, -0.15) is 0 Å². The summed E-state index contributed by atoms with van der Waals surface area (Å²) in [5.41, 5.74) is -0.337. The predicted molar refractivity (Wildman–Crippen MR) is 72.2 cm³/mol. The zero-order valence-corrected chi connectivity index (χ0v) is 11.7. The Labute approximate surface area is 108 Å². The largest absolute Gasteiger partial charge is 0.411 e. The summed E-state index contributed by atoms with van der Waals surface area (Å²) in [6.07, 6.45) is 2.04. The first-order chi connectivity index (χ1) is 7.30. The van der Waals surface area contributed by atoms with Gasteiger partial charge in [0.05, 0.1) is 0 Å². The predicted octanol–water partition coefficient (Wildman–Crippen LogP) is 1.44. The van der Waals surface area contributed by atoms with E-state index in [1.54, 1.807) is 0 Å². The molecule has 0 spiro atoms. The van der Waals surface area contributed by atoms with Gasteiger partial charge in [-0.15, -0.1) is 0 Å². The van der Waals surface area contributed by atoms with Crippen LogP contribution in [-0.4, -0.2) is 34.3 Å². The molecule has 1 rings (SSSR count). The average Bonchev–Trinajstić information content (AvgIpc) is 2.16. The summed E-state index contributed by atoms with van der Waals surface area (Å²) in [5.74, 6) is 0.0923. The fraction of sp³-hybridized carbons (Fsp3) is 0.818. The topological polar surface area (TPSA) is 32.3 Å². The molecule has 1 heterocycles. The molecule has 0 aromatic rings. The molecule has 1 aliphatic heterocycles. The van der Waals surface area contributed by atoms with Crippen LogP contribution in [0.15, 0.2) is 0 Å². The molecule has 1 atom stereocenters. The van der Waals surface area contributed by atoms with Gasteiger partial charge in [0.2, 0.25) is 5.91 Å². The van der Waals surface area contributed by atoms with Gasteiger partial charge in [-0.1, -0.05) is 25.1 Å². The van der Waals surface area contributed by atoms with Crippen molar-refractivity contribution < 1.29 is 4.79 Å². The lowest BCUT2D eigenvalue weighted by molar-refractivity contribution is -0.129. The fourth-order valence-corrected chi connectivity index (χ4v) is 1.99. The Morgan fingerprint density at radius 2 is 2.12 bits per heavy atom. The Morgan fingerprint density at radius 3 is 2.62 bits per heavy atom. The van der Waals surface area contributed by atoms with Crippen molar-refractivity contribution in [3.63, 3.8) is 0 Å². The summed E-state index contributed by atoms with van der Waals surface area (Å²) >= 11 is 9.97. The molecule has 1 aliphatic rings. The highest BCUT2D eigenvalue weighted by Gasteiger charge is 2.26. The first-order valence-electron chi connectivity index (χ1n) is 5.57. The first-order valence-corrected chi connectivity index (χ1v) is 6.39. The maximum absolute atomic E-state index is 11.8. The number of hydrogen-bond donors (Lipinski definition) is 1. The minimum atomic E-state index is -0.337. The molecule has 1 unspecified atom stereocenters. The van der Waals surface area contributed by atoms with Crippen molar-refractivity contribution in [1.82, 2.24) is 10.2 Å². The second kappa shape index (κ2) is 5.27. The summed E-state index contributed by atoms with van der Waals surface area (Å²) in [5, 5.41) is 3.06. The zero-order chi connectivity index (χ0) is 12.3. The summed E-state index contributed by atoms with van der Waals surface area (Å²) in [6.45, 7) is 7.43. The number of nitrogens with zero attached hydrogens (tertiary/aromatic N) is 1. The number of hydrogen-bond acceptors (Lipinski definition) is 3. The number of thiocarbonyl (C=S) groups is 1. The third-order valence-corrected chi connectivity index (χ3v) is 3.21. The molecule has 0 aromatic heterocycles. The number of rotatable bonds is 1. The van der Waals surface area contributed by atoms with Crippen LogP contribution in [0.1, 0.15) is 33.6 Å². The molecule has 1 saturated heterocycles. The first kappa shape index (κ1) is 13.6. The van der Waals surface area contributed by atoms with E-state index in [1.165, 1.54) is 0 Å². The van der Waals surface area contributed by atoms with Gasteiger partial charge in [0.15, 0.2) is 0 Å². The summed E-state index contributed by atoms with van der Waals surface area (Å²) in [7, 11) is 0. The van der Waals surface area contributed by atoms with Crippen molar-refractivity contribution in [2.75, 3.05) is 13.1 Å². The van der Waals surface area contributed by atoms with Crippen LogP contribution in [0, 0.1) is 5.41 Å². The zero-order valence-electron chi connectivity index (χ0n) is 10.1. The van der Waals surface area contributed by atoms with Crippen LogP contribution in [0.25, 0.3) is 0 Å². The Kier molecular flexibility index (Phi) is 4.50. The smallest absolute Gasteiger partial charge is 0.225 e. The number of piperidine rings is 1. The van der Waals surface area contributed by atoms with E-state index in [9.17, 15) is 4.79 Å². The van der Waals surface area contributed by atoms with Crippen LogP contribution >= 0.6 is 12.2 Å². The molecule has 0 radical (unpaired) electrons. The molecule has 0 aliphatic carbocycles. The number of carbonyl (C=O) groups is 1. The van der Waals surface area contributed by atoms with Crippen molar-refractivity contribution in [2.24, 2.45) is 5.41 Å². The van der Waals surface area contributed by atoms with Gasteiger partial charge in [-0.3, -0.25) is 4.79 Å². The van der Waals surface area contributed by atoms with Crippen LogP contribution in [0.4, 0.5) is 0 Å². The molecule has 3 nitrogen and oxygen atoms in total. The molecule has 1 amide bonds. The van der Waals surface area contributed by atoms with Crippen molar-refractivity contribution in [1.29, 1.82) is 0 Å². The van der Waals surface area contributed by atoms with Crippen LogP contribution < -0.4 is 5.32 Å². The van der Waals surface area contributed by atoms with Crippen molar-refractivity contribution in [3.8, 4) is 0 Å². The van der Waals surface area contributed by atoms with E-state index >= 15 is 0 Å². The lowest BCUT2D eigenvalue weighted by Gasteiger charge is -2.38. The van der Waals surface area contributed by atoms with Gasteiger partial charge in [-0.05, 0) is 12.8 Å². The Morgan fingerprint density at radius 1 is 1.50 bits per heavy atom. The van der Waals surface area contributed by atoms with Gasteiger partial charge >= 0.3 is 0 Å². The van der Waals surface area contributed by atoms with Crippen molar-refractivity contribution in [3.05, 3.63) is 0 Å². The highest BCUT2D eigenvalue weighted by molar-refractivity contribution is 8.00. The highest BCUT2D eigenvalue weighted by atomic mass is 32.1. The molecule has 1 fully saturated rings. The van der Waals surface area contributed by atoms with Crippen LogP contribution in [0.5, 0.6) is 0 Å². The molecular weight excluding hydrogens is 240 g/mol. The van der Waals surface area contributed by atoms with Gasteiger partial charge < -0.3 is 35.1 Å². The van der Waals surface area contributed by atoms with Crippen molar-refractivity contribution in [2.45, 2.75) is 39.7 Å².